The Morgan fingerprint density at radius 1 is 1.42 bits per heavy atom. The van der Waals surface area contributed by atoms with Gasteiger partial charge in [-0.05, 0) is 39.5 Å². The fourth-order valence-electron chi connectivity index (χ4n) is 1.92. The van der Waals surface area contributed by atoms with E-state index in [9.17, 15) is 9.50 Å². The molecular formula is C12H9BrFN3OS. The number of aliphatic hydroxyl groups is 1. The molecule has 19 heavy (non-hydrogen) atoms. The van der Waals surface area contributed by atoms with Crippen LogP contribution in [0.4, 0.5) is 4.39 Å². The third-order valence-electron chi connectivity index (χ3n) is 2.86. The molecule has 2 heterocycles. The van der Waals surface area contributed by atoms with E-state index in [-0.39, 0.29) is 5.82 Å². The van der Waals surface area contributed by atoms with Crippen LogP contribution in [-0.4, -0.2) is 20.1 Å². The smallest absolute Gasteiger partial charge is 0.154 e. The summed E-state index contributed by atoms with van der Waals surface area (Å²) < 4.78 is 16.0. The van der Waals surface area contributed by atoms with Crippen LogP contribution in [0.5, 0.6) is 0 Å². The van der Waals surface area contributed by atoms with E-state index in [0.717, 1.165) is 15.0 Å². The second kappa shape index (κ2) is 4.66. The van der Waals surface area contributed by atoms with Crippen LogP contribution in [0.3, 0.4) is 0 Å². The average molecular weight is 342 g/mol. The van der Waals surface area contributed by atoms with Crippen LogP contribution < -0.4 is 0 Å². The maximum absolute atomic E-state index is 13.2. The fourth-order valence-corrected chi connectivity index (χ4v) is 3.55. The van der Waals surface area contributed by atoms with Gasteiger partial charge in [-0.25, -0.2) is 9.07 Å². The molecule has 1 N–H and O–H groups in total. The molecule has 0 aliphatic rings. The summed E-state index contributed by atoms with van der Waals surface area (Å²) in [6.07, 6.45) is -0.838. The van der Waals surface area contributed by atoms with Crippen molar-refractivity contribution in [3.8, 4) is 0 Å². The predicted molar refractivity (Wildman–Crippen MR) is 74.5 cm³/mol. The van der Waals surface area contributed by atoms with Crippen molar-refractivity contribution >= 4 is 37.4 Å². The van der Waals surface area contributed by atoms with Crippen molar-refractivity contribution in [3.05, 3.63) is 45.3 Å². The third kappa shape index (κ3) is 2.18. The maximum atomic E-state index is 13.2. The summed E-state index contributed by atoms with van der Waals surface area (Å²) in [7, 11) is 1.71. The quantitative estimate of drug-likeness (QED) is 0.779. The Morgan fingerprint density at radius 3 is 2.89 bits per heavy atom. The monoisotopic (exact) mass is 341 g/mol. The molecule has 4 nitrogen and oxygen atoms in total. The Hall–Kier alpha value is -1.31. The van der Waals surface area contributed by atoms with Gasteiger partial charge < -0.3 is 5.11 Å². The average Bonchev–Trinajstić information content (AvgIpc) is 2.92. The fraction of sp³-hybridized carbons (Fsp3) is 0.167. The Morgan fingerprint density at radius 2 is 2.21 bits per heavy atom. The topological polar surface area (TPSA) is 50.9 Å². The van der Waals surface area contributed by atoms with Crippen molar-refractivity contribution < 1.29 is 9.50 Å². The van der Waals surface area contributed by atoms with Crippen molar-refractivity contribution in [2.75, 3.05) is 0 Å². The lowest BCUT2D eigenvalue weighted by molar-refractivity contribution is 0.213. The summed E-state index contributed by atoms with van der Waals surface area (Å²) in [6, 6.07) is 6.43. The lowest BCUT2D eigenvalue weighted by Crippen LogP contribution is -2.05. The first-order valence-corrected chi connectivity index (χ1v) is 7.09. The normalized spacial score (nSPS) is 13.1. The molecular weight excluding hydrogens is 333 g/mol. The van der Waals surface area contributed by atoms with E-state index >= 15 is 0 Å². The highest BCUT2D eigenvalue weighted by molar-refractivity contribution is 9.10. The number of aliphatic hydroxyl groups excluding tert-OH is 1. The summed E-state index contributed by atoms with van der Waals surface area (Å²) in [5.74, 6) is -0.279. The van der Waals surface area contributed by atoms with Crippen LogP contribution in [0.25, 0.3) is 10.1 Å². The minimum atomic E-state index is -0.838. The number of benzene rings is 1. The molecule has 0 fully saturated rings. The number of hydrogen-bond acceptors (Lipinski definition) is 4. The number of aromatic nitrogens is 3. The zero-order chi connectivity index (χ0) is 13.6. The molecule has 98 valence electrons. The molecule has 0 bridgehead atoms. The van der Waals surface area contributed by atoms with Gasteiger partial charge in [0.25, 0.3) is 0 Å². The minimum Gasteiger partial charge on any atom is -0.381 e. The van der Waals surface area contributed by atoms with E-state index in [1.54, 1.807) is 13.1 Å². The van der Waals surface area contributed by atoms with Gasteiger partial charge in [-0.3, -0.25) is 0 Å². The summed E-state index contributed by atoms with van der Waals surface area (Å²) in [5, 5.41) is 19.0. The lowest BCUT2D eigenvalue weighted by atomic mass is 10.2. The summed E-state index contributed by atoms with van der Waals surface area (Å²) in [5.41, 5.74) is 0.576. The highest BCUT2D eigenvalue weighted by Crippen LogP contribution is 2.35. The van der Waals surface area contributed by atoms with E-state index in [1.807, 2.05) is 6.07 Å². The lowest BCUT2D eigenvalue weighted by Gasteiger charge is -2.08. The van der Waals surface area contributed by atoms with Gasteiger partial charge in [0.05, 0.1) is 0 Å². The van der Waals surface area contributed by atoms with Crippen LogP contribution in [0.15, 0.2) is 28.9 Å². The minimum absolute atomic E-state index is 0.279. The van der Waals surface area contributed by atoms with Gasteiger partial charge in [0.1, 0.15) is 17.6 Å². The zero-order valence-electron chi connectivity index (χ0n) is 9.84. The second-order valence-electron chi connectivity index (χ2n) is 4.12. The molecule has 3 rings (SSSR count). The molecule has 2 aromatic heterocycles. The largest absolute Gasteiger partial charge is 0.381 e. The Labute approximate surface area is 120 Å². The van der Waals surface area contributed by atoms with Gasteiger partial charge in [-0.2, -0.15) is 0 Å². The van der Waals surface area contributed by atoms with Crippen LogP contribution in [0.2, 0.25) is 0 Å². The molecule has 1 aromatic carbocycles. The molecule has 7 heteroatoms. The summed E-state index contributed by atoms with van der Waals surface area (Å²) in [4.78, 5) is 0.728. The van der Waals surface area contributed by atoms with Crippen molar-refractivity contribution in [1.29, 1.82) is 0 Å². The summed E-state index contributed by atoms with van der Waals surface area (Å²) >= 11 is 4.62. The Balaban J connectivity index is 2.09. The number of nitrogens with zero attached hydrogens (tertiary/aromatic N) is 3. The Kier molecular flexibility index (Phi) is 3.12. The number of fused-ring (bicyclic) bond motifs is 1. The molecule has 0 saturated heterocycles. The maximum Gasteiger partial charge on any atom is 0.154 e. The van der Waals surface area contributed by atoms with E-state index in [0.29, 0.717) is 10.3 Å². The molecule has 0 saturated carbocycles. The molecule has 0 spiro atoms. The van der Waals surface area contributed by atoms with Crippen LogP contribution >= 0.6 is 27.3 Å². The van der Waals surface area contributed by atoms with Crippen LogP contribution in [0.1, 0.15) is 16.7 Å². The standard InChI is InChI=1S/C12H9BrFN3OS/c1-17-10(12(13)15-16-17)11(18)9-4-6-2-3-7(14)5-8(6)19-9/h2-5,11,18H,1H3. The van der Waals surface area contributed by atoms with Crippen molar-refractivity contribution in [2.45, 2.75) is 6.10 Å². The zero-order valence-corrected chi connectivity index (χ0v) is 12.2. The molecule has 0 radical (unpaired) electrons. The number of rotatable bonds is 2. The van der Waals surface area contributed by atoms with E-state index < -0.39 is 6.10 Å². The molecule has 1 unspecified atom stereocenters. The first-order chi connectivity index (χ1) is 9.06. The molecule has 0 aliphatic carbocycles. The van der Waals surface area contributed by atoms with Crippen molar-refractivity contribution in [3.63, 3.8) is 0 Å². The number of hydrogen-bond donors (Lipinski definition) is 1. The highest BCUT2D eigenvalue weighted by atomic mass is 79.9. The van der Waals surface area contributed by atoms with Gasteiger partial charge in [0.2, 0.25) is 0 Å². The van der Waals surface area contributed by atoms with E-state index in [4.69, 9.17) is 0 Å². The molecule has 1 atom stereocenters. The van der Waals surface area contributed by atoms with Gasteiger partial charge in [0.15, 0.2) is 4.60 Å². The second-order valence-corrected chi connectivity index (χ2v) is 5.99. The molecule has 0 amide bonds. The Bertz CT molecular complexity index is 735. The highest BCUT2D eigenvalue weighted by Gasteiger charge is 2.21. The number of thiophene rings is 1. The number of aryl methyl sites for hydroxylation is 1. The third-order valence-corrected chi connectivity index (χ3v) is 4.57. The predicted octanol–water partition coefficient (Wildman–Crippen LogP) is 3.01. The molecule has 3 aromatic rings. The molecule has 0 aliphatic heterocycles. The van der Waals surface area contributed by atoms with Gasteiger partial charge >= 0.3 is 0 Å². The summed E-state index contributed by atoms with van der Waals surface area (Å²) in [6.45, 7) is 0. The van der Waals surface area contributed by atoms with Gasteiger partial charge in [-0.15, -0.1) is 16.4 Å². The van der Waals surface area contributed by atoms with E-state index in [2.05, 4.69) is 26.2 Å². The first-order valence-electron chi connectivity index (χ1n) is 5.48. The van der Waals surface area contributed by atoms with Gasteiger partial charge in [0, 0.05) is 16.6 Å². The SMILES string of the molecule is Cn1nnc(Br)c1C(O)c1cc2ccc(F)cc2s1. The number of halogens is 2. The van der Waals surface area contributed by atoms with Gasteiger partial charge in [-0.1, -0.05) is 11.3 Å². The van der Waals surface area contributed by atoms with Crippen molar-refractivity contribution in [2.24, 2.45) is 7.05 Å². The van der Waals surface area contributed by atoms with Crippen LogP contribution in [-0.2, 0) is 7.05 Å². The van der Waals surface area contributed by atoms with Crippen LogP contribution in [0, 0.1) is 5.82 Å². The first kappa shape index (κ1) is 12.7. The van der Waals surface area contributed by atoms with E-state index in [1.165, 1.54) is 28.2 Å². The van der Waals surface area contributed by atoms with Crippen molar-refractivity contribution in [1.82, 2.24) is 15.0 Å².